The van der Waals surface area contributed by atoms with Crippen molar-refractivity contribution in [2.45, 2.75) is 44.6 Å². The second-order valence-electron chi connectivity index (χ2n) is 7.99. The van der Waals surface area contributed by atoms with E-state index in [0.29, 0.717) is 0 Å². The van der Waals surface area contributed by atoms with Crippen LogP contribution in [-0.2, 0) is 12.8 Å². The smallest absolute Gasteiger partial charge is 0.226 e. The summed E-state index contributed by atoms with van der Waals surface area (Å²) in [6.07, 6.45) is 8.84. The predicted octanol–water partition coefficient (Wildman–Crippen LogP) is 4.43. The number of pyridine rings is 1. The zero-order chi connectivity index (χ0) is 19.1. The summed E-state index contributed by atoms with van der Waals surface area (Å²) >= 11 is 6.11. The Bertz CT molecular complexity index is 998. The first-order chi connectivity index (χ1) is 13.7. The molecule has 5 nitrogen and oxygen atoms in total. The van der Waals surface area contributed by atoms with Gasteiger partial charge in [0.15, 0.2) is 0 Å². The fraction of sp³-hybridized carbons (Fsp3) is 0.455. The van der Waals surface area contributed by atoms with Gasteiger partial charge in [0.25, 0.3) is 0 Å². The summed E-state index contributed by atoms with van der Waals surface area (Å²) < 4.78 is 8.51. The quantitative estimate of drug-likeness (QED) is 0.657. The van der Waals surface area contributed by atoms with Crippen LogP contribution in [0.5, 0.6) is 5.88 Å². The summed E-state index contributed by atoms with van der Waals surface area (Å²) in [6.45, 7) is 2.07. The first kappa shape index (κ1) is 18.0. The number of halogens is 1. The normalized spacial score (nSPS) is 20.3. The Morgan fingerprint density at radius 1 is 1.11 bits per heavy atom. The van der Waals surface area contributed by atoms with E-state index < -0.39 is 0 Å². The van der Waals surface area contributed by atoms with E-state index in [9.17, 15) is 0 Å². The fourth-order valence-corrected chi connectivity index (χ4v) is 4.55. The summed E-state index contributed by atoms with van der Waals surface area (Å²) in [4.78, 5) is 7.11. The Balaban J connectivity index is 1.64. The molecular formula is C22H25ClN4O. The molecule has 6 heteroatoms. The number of likely N-dealkylation sites (tertiary alicyclic amines) is 1. The van der Waals surface area contributed by atoms with Crippen molar-refractivity contribution in [2.24, 2.45) is 0 Å². The molecule has 3 heterocycles. The molecule has 28 heavy (non-hydrogen) atoms. The van der Waals surface area contributed by atoms with Gasteiger partial charge in [-0.25, -0.2) is 0 Å². The lowest BCUT2D eigenvalue weighted by Gasteiger charge is -2.30. The number of nitrogens with zero attached hydrogens (tertiary/aromatic N) is 4. The van der Waals surface area contributed by atoms with Crippen molar-refractivity contribution in [3.8, 4) is 11.6 Å². The molecule has 0 radical (unpaired) electrons. The summed E-state index contributed by atoms with van der Waals surface area (Å²) in [7, 11) is 2.15. The summed E-state index contributed by atoms with van der Waals surface area (Å²) in [5.74, 6) is 0.804. The first-order valence-corrected chi connectivity index (χ1v) is 10.6. The molecule has 2 aromatic heterocycles. The van der Waals surface area contributed by atoms with Gasteiger partial charge in [-0.3, -0.25) is 4.98 Å². The van der Waals surface area contributed by atoms with E-state index in [1.165, 1.54) is 24.1 Å². The molecular weight excluding hydrogens is 372 g/mol. The lowest BCUT2D eigenvalue weighted by Crippen LogP contribution is -2.38. The molecule has 3 aromatic rings. The van der Waals surface area contributed by atoms with E-state index in [4.69, 9.17) is 26.4 Å². The average Bonchev–Trinajstić information content (AvgIpc) is 3.07. The van der Waals surface area contributed by atoms with E-state index in [2.05, 4.69) is 11.9 Å². The molecule has 0 bridgehead atoms. The van der Waals surface area contributed by atoms with Gasteiger partial charge in [0.05, 0.1) is 11.1 Å². The molecule has 0 N–H and O–H groups in total. The number of rotatable bonds is 3. The molecule has 2 aliphatic rings. The minimum absolute atomic E-state index is 0.167. The van der Waals surface area contributed by atoms with Gasteiger partial charge in [0.1, 0.15) is 11.6 Å². The summed E-state index contributed by atoms with van der Waals surface area (Å²) in [5.41, 5.74) is 4.49. The van der Waals surface area contributed by atoms with Crippen molar-refractivity contribution in [1.29, 1.82) is 0 Å². The SMILES string of the molecule is CN1CCCC(Oc2c3cnc4c(c3nn2-c2ccc(Cl)cc2)CCCC4)C1. The van der Waals surface area contributed by atoms with Crippen molar-refractivity contribution >= 4 is 22.5 Å². The highest BCUT2D eigenvalue weighted by Crippen LogP contribution is 2.35. The second kappa shape index (κ2) is 7.37. The number of hydrogen-bond donors (Lipinski definition) is 0. The van der Waals surface area contributed by atoms with Crippen molar-refractivity contribution < 1.29 is 4.74 Å². The average molecular weight is 397 g/mol. The number of fused-ring (bicyclic) bond motifs is 3. The van der Waals surface area contributed by atoms with E-state index >= 15 is 0 Å². The highest BCUT2D eigenvalue weighted by molar-refractivity contribution is 6.30. The Kier molecular flexibility index (Phi) is 4.73. The number of aryl methyl sites for hydroxylation is 2. The maximum absolute atomic E-state index is 6.57. The van der Waals surface area contributed by atoms with Gasteiger partial charge >= 0.3 is 0 Å². The molecule has 1 aromatic carbocycles. The van der Waals surface area contributed by atoms with Crippen LogP contribution in [0.25, 0.3) is 16.6 Å². The fourth-order valence-electron chi connectivity index (χ4n) is 4.43. The van der Waals surface area contributed by atoms with E-state index in [-0.39, 0.29) is 6.10 Å². The molecule has 1 saturated heterocycles. The monoisotopic (exact) mass is 396 g/mol. The van der Waals surface area contributed by atoms with Crippen molar-refractivity contribution in [1.82, 2.24) is 19.7 Å². The maximum Gasteiger partial charge on any atom is 0.226 e. The highest BCUT2D eigenvalue weighted by Gasteiger charge is 2.25. The molecule has 0 spiro atoms. The third-order valence-electron chi connectivity index (χ3n) is 5.88. The molecule has 1 atom stereocenters. The third kappa shape index (κ3) is 3.27. The molecule has 0 saturated carbocycles. The lowest BCUT2D eigenvalue weighted by atomic mass is 9.95. The van der Waals surface area contributed by atoms with E-state index in [1.807, 2.05) is 35.1 Å². The number of benzene rings is 1. The molecule has 5 rings (SSSR count). The molecule has 1 aliphatic carbocycles. The second-order valence-corrected chi connectivity index (χ2v) is 8.43. The number of piperidine rings is 1. The van der Waals surface area contributed by atoms with Crippen LogP contribution in [0.4, 0.5) is 0 Å². The van der Waals surface area contributed by atoms with Crippen LogP contribution < -0.4 is 4.74 Å². The Morgan fingerprint density at radius 2 is 1.93 bits per heavy atom. The zero-order valence-corrected chi connectivity index (χ0v) is 17.0. The minimum Gasteiger partial charge on any atom is -0.472 e. The minimum atomic E-state index is 0.167. The lowest BCUT2D eigenvalue weighted by molar-refractivity contribution is 0.0988. The van der Waals surface area contributed by atoms with Crippen molar-refractivity contribution in [2.75, 3.05) is 20.1 Å². The number of hydrogen-bond acceptors (Lipinski definition) is 4. The van der Waals surface area contributed by atoms with Gasteiger partial charge in [-0.2, -0.15) is 9.78 Å². The maximum atomic E-state index is 6.57. The molecule has 146 valence electrons. The summed E-state index contributed by atoms with van der Waals surface area (Å²) in [5, 5.41) is 6.74. The molecule has 0 amide bonds. The van der Waals surface area contributed by atoms with Gasteiger partial charge in [-0.05, 0) is 76.4 Å². The predicted molar refractivity (Wildman–Crippen MR) is 112 cm³/mol. The van der Waals surface area contributed by atoms with Crippen LogP contribution >= 0.6 is 11.6 Å². The largest absolute Gasteiger partial charge is 0.472 e. The standard InChI is InChI=1S/C22H25ClN4O/c1-26-12-4-5-17(14-26)28-22-19-13-24-20-7-3-2-6-18(20)21(19)25-27(22)16-10-8-15(23)9-11-16/h8-11,13,17H,2-7,12,14H2,1H3. The number of likely N-dealkylation sites (N-methyl/N-ethyl adjacent to an activating group) is 1. The van der Waals surface area contributed by atoms with E-state index in [0.717, 1.165) is 66.3 Å². The van der Waals surface area contributed by atoms with Crippen molar-refractivity contribution in [3.63, 3.8) is 0 Å². The topological polar surface area (TPSA) is 43.2 Å². The van der Waals surface area contributed by atoms with Gasteiger partial charge in [0, 0.05) is 29.0 Å². The van der Waals surface area contributed by atoms with Crippen LogP contribution in [0.2, 0.25) is 5.02 Å². The summed E-state index contributed by atoms with van der Waals surface area (Å²) in [6, 6.07) is 7.78. The third-order valence-corrected chi connectivity index (χ3v) is 6.13. The first-order valence-electron chi connectivity index (χ1n) is 10.2. The Labute approximate surface area is 170 Å². The molecule has 1 aliphatic heterocycles. The van der Waals surface area contributed by atoms with Crippen LogP contribution in [0, 0.1) is 0 Å². The molecule has 1 fully saturated rings. The van der Waals surface area contributed by atoms with Crippen LogP contribution in [0.15, 0.2) is 30.5 Å². The van der Waals surface area contributed by atoms with E-state index in [1.54, 1.807) is 0 Å². The van der Waals surface area contributed by atoms with Gasteiger partial charge in [0.2, 0.25) is 5.88 Å². The highest BCUT2D eigenvalue weighted by atomic mass is 35.5. The Hall–Kier alpha value is -2.11. The number of ether oxygens (including phenoxy) is 1. The van der Waals surface area contributed by atoms with Gasteiger partial charge in [-0.15, -0.1) is 0 Å². The van der Waals surface area contributed by atoms with Crippen molar-refractivity contribution in [3.05, 3.63) is 46.7 Å². The zero-order valence-electron chi connectivity index (χ0n) is 16.2. The van der Waals surface area contributed by atoms with Crippen LogP contribution in [-0.4, -0.2) is 45.9 Å². The van der Waals surface area contributed by atoms with Gasteiger partial charge in [-0.1, -0.05) is 11.6 Å². The number of aromatic nitrogens is 3. The molecule has 1 unspecified atom stereocenters. The van der Waals surface area contributed by atoms with Gasteiger partial charge < -0.3 is 9.64 Å². The van der Waals surface area contributed by atoms with Crippen LogP contribution in [0.1, 0.15) is 36.9 Å². The van der Waals surface area contributed by atoms with Crippen LogP contribution in [0.3, 0.4) is 0 Å². The Morgan fingerprint density at radius 3 is 2.75 bits per heavy atom.